The van der Waals surface area contributed by atoms with Crippen LogP contribution in [-0.2, 0) is 0 Å². The average molecular weight is 491 g/mol. The minimum absolute atomic E-state index is 0.00182. The number of nitrogens with one attached hydrogen (secondary N) is 3. The third kappa shape index (κ3) is 4.14. The molecule has 0 spiro atoms. The lowest BCUT2D eigenvalue weighted by Gasteiger charge is -2.30. The highest BCUT2D eigenvalue weighted by Gasteiger charge is 2.35. The van der Waals surface area contributed by atoms with Gasteiger partial charge in [0.15, 0.2) is 0 Å². The van der Waals surface area contributed by atoms with Crippen LogP contribution in [0.1, 0.15) is 28.1 Å². The number of hydrogen-bond donors (Lipinski definition) is 3. The molecule has 0 bridgehead atoms. The van der Waals surface area contributed by atoms with Crippen LogP contribution in [0.2, 0.25) is 0 Å². The highest BCUT2D eigenvalue weighted by molar-refractivity contribution is 7.21. The summed E-state index contributed by atoms with van der Waals surface area (Å²) in [6.45, 7) is 3.19. The molecule has 2 aromatic heterocycles. The Kier molecular flexibility index (Phi) is 5.56. The second-order valence-corrected chi connectivity index (χ2v) is 9.09. The topological polar surface area (TPSA) is 95.6 Å². The number of amides is 3. The van der Waals surface area contributed by atoms with E-state index in [4.69, 9.17) is 0 Å². The predicted octanol–water partition coefficient (Wildman–Crippen LogP) is 4.67. The number of rotatable bonds is 4. The third-order valence-corrected chi connectivity index (χ3v) is 6.82. The molecule has 4 heterocycles. The molecule has 34 heavy (non-hydrogen) atoms. The van der Waals surface area contributed by atoms with Crippen molar-refractivity contribution in [2.24, 2.45) is 0 Å². The summed E-state index contributed by atoms with van der Waals surface area (Å²) in [5.74, 6) is -0.658. The van der Waals surface area contributed by atoms with Gasteiger partial charge in [0.05, 0.1) is 22.4 Å². The third-order valence-electron chi connectivity index (χ3n) is 5.73. The van der Waals surface area contributed by atoms with Crippen LogP contribution in [0.5, 0.6) is 5.75 Å². The Morgan fingerprint density at radius 1 is 1.29 bits per heavy atom. The van der Waals surface area contributed by atoms with Crippen LogP contribution in [-0.4, -0.2) is 42.4 Å². The number of aryl methyl sites for hydroxylation is 1. The fraction of sp³-hybridized carbons (Fsp3) is 0.318. The Morgan fingerprint density at radius 3 is 2.82 bits per heavy atom. The Labute approximate surface area is 196 Å². The molecule has 3 aromatic rings. The molecular formula is C22H20F3N5O3S. The number of carbonyl (C=O) groups excluding carboxylic acids is 2. The number of piperidine rings is 1. The van der Waals surface area contributed by atoms with E-state index in [2.05, 4.69) is 25.7 Å². The maximum atomic E-state index is 13.2. The van der Waals surface area contributed by atoms with Crippen LogP contribution in [0.4, 0.5) is 35.0 Å². The molecule has 2 aliphatic rings. The van der Waals surface area contributed by atoms with Gasteiger partial charge in [-0.05, 0) is 56.1 Å². The summed E-state index contributed by atoms with van der Waals surface area (Å²) in [4.78, 5) is 32.9. The number of alkyl halides is 3. The van der Waals surface area contributed by atoms with E-state index in [1.54, 1.807) is 13.0 Å². The zero-order chi connectivity index (χ0) is 24.0. The molecule has 8 nitrogen and oxygen atoms in total. The Bertz CT molecular complexity index is 1290. The molecule has 3 N–H and O–H groups in total. The van der Waals surface area contributed by atoms with E-state index in [1.807, 2.05) is 0 Å². The van der Waals surface area contributed by atoms with Gasteiger partial charge < -0.3 is 20.7 Å². The van der Waals surface area contributed by atoms with E-state index in [9.17, 15) is 22.8 Å². The number of halogens is 3. The zero-order valence-electron chi connectivity index (χ0n) is 18.0. The van der Waals surface area contributed by atoms with Crippen molar-refractivity contribution < 1.29 is 27.5 Å². The number of anilines is 3. The number of hydrogen-bond acceptors (Lipinski definition) is 6. The first-order valence-corrected chi connectivity index (χ1v) is 11.4. The SMILES string of the molecule is Cc1cc(OC(F)(F)F)ccc1N1C(=O)Nc2c(C(=O)NC3CCCNC3)sc3nccc1c23. The summed E-state index contributed by atoms with van der Waals surface area (Å²) in [6, 6.07) is 4.88. The molecule has 1 fully saturated rings. The first-order valence-electron chi connectivity index (χ1n) is 10.6. The van der Waals surface area contributed by atoms with Crippen molar-refractivity contribution in [1.82, 2.24) is 15.6 Å². The van der Waals surface area contributed by atoms with Crippen LogP contribution in [0.25, 0.3) is 10.2 Å². The van der Waals surface area contributed by atoms with Crippen LogP contribution >= 0.6 is 11.3 Å². The van der Waals surface area contributed by atoms with E-state index in [-0.39, 0.29) is 17.7 Å². The normalized spacial score (nSPS) is 18.1. The predicted molar refractivity (Wildman–Crippen MR) is 122 cm³/mol. The first-order chi connectivity index (χ1) is 16.2. The van der Waals surface area contributed by atoms with Gasteiger partial charge in [-0.3, -0.25) is 9.69 Å². The van der Waals surface area contributed by atoms with E-state index in [0.717, 1.165) is 25.5 Å². The summed E-state index contributed by atoms with van der Waals surface area (Å²) in [6.07, 6.45) is -1.44. The monoisotopic (exact) mass is 491 g/mol. The van der Waals surface area contributed by atoms with Crippen LogP contribution in [0.3, 0.4) is 0 Å². The van der Waals surface area contributed by atoms with Crippen molar-refractivity contribution in [3.05, 3.63) is 40.9 Å². The fourth-order valence-electron chi connectivity index (χ4n) is 4.29. The second kappa shape index (κ2) is 8.44. The van der Waals surface area contributed by atoms with Crippen molar-refractivity contribution >= 4 is 50.6 Å². The Balaban J connectivity index is 1.52. The summed E-state index contributed by atoms with van der Waals surface area (Å²) in [7, 11) is 0. The molecule has 5 rings (SSSR count). The molecule has 0 radical (unpaired) electrons. The lowest BCUT2D eigenvalue weighted by Crippen LogP contribution is -2.45. The highest BCUT2D eigenvalue weighted by Crippen LogP contribution is 2.46. The number of nitrogens with zero attached hydrogens (tertiary/aromatic N) is 2. The number of benzene rings is 1. The van der Waals surface area contributed by atoms with Gasteiger partial charge >= 0.3 is 12.4 Å². The number of ether oxygens (including phenoxy) is 1. The number of thiophene rings is 1. The molecule has 1 aromatic carbocycles. The van der Waals surface area contributed by atoms with Gasteiger partial charge in [0.1, 0.15) is 15.5 Å². The molecule has 0 saturated carbocycles. The molecule has 12 heteroatoms. The second-order valence-electron chi connectivity index (χ2n) is 8.09. The van der Waals surface area contributed by atoms with Gasteiger partial charge in [-0.2, -0.15) is 0 Å². The van der Waals surface area contributed by atoms with Crippen molar-refractivity contribution in [2.45, 2.75) is 32.2 Å². The lowest BCUT2D eigenvalue weighted by atomic mass is 10.1. The Morgan fingerprint density at radius 2 is 2.12 bits per heavy atom. The van der Waals surface area contributed by atoms with Gasteiger partial charge in [-0.15, -0.1) is 24.5 Å². The van der Waals surface area contributed by atoms with E-state index >= 15 is 0 Å². The Hall–Kier alpha value is -3.38. The maximum Gasteiger partial charge on any atom is 0.573 e. The van der Waals surface area contributed by atoms with Crippen molar-refractivity contribution in [3.8, 4) is 5.75 Å². The number of carbonyl (C=O) groups is 2. The summed E-state index contributed by atoms with van der Waals surface area (Å²) in [5, 5.41) is 9.66. The first kappa shape index (κ1) is 22.4. The summed E-state index contributed by atoms with van der Waals surface area (Å²) >= 11 is 1.18. The molecule has 1 saturated heterocycles. The molecule has 178 valence electrons. The van der Waals surface area contributed by atoms with Gasteiger partial charge in [-0.25, -0.2) is 9.78 Å². The average Bonchev–Trinajstić information content (AvgIpc) is 3.14. The lowest BCUT2D eigenvalue weighted by molar-refractivity contribution is -0.274. The minimum atomic E-state index is -4.82. The number of urea groups is 1. The molecular weight excluding hydrogens is 471 g/mol. The summed E-state index contributed by atoms with van der Waals surface area (Å²) in [5.41, 5.74) is 1.67. The quantitative estimate of drug-likeness (QED) is 0.493. The van der Waals surface area contributed by atoms with Gasteiger partial charge in [0, 0.05) is 18.8 Å². The zero-order valence-corrected chi connectivity index (χ0v) is 18.8. The molecule has 2 aliphatic heterocycles. The molecule has 0 aliphatic carbocycles. The molecule has 1 atom stereocenters. The standard InChI is InChI=1S/C22H20F3N5O3S/c1-11-9-13(33-22(23,24)25)4-5-14(11)30-15-6-8-27-20-16(15)17(29-21(30)32)18(34-20)19(31)28-12-3-2-7-26-10-12/h4-6,8-9,12,26H,2-3,7,10H2,1H3,(H,28,31)(H,29,32). The van der Waals surface area contributed by atoms with E-state index in [0.29, 0.717) is 44.3 Å². The number of aromatic nitrogens is 1. The van der Waals surface area contributed by atoms with E-state index in [1.165, 1.54) is 34.6 Å². The van der Waals surface area contributed by atoms with Crippen molar-refractivity contribution in [1.29, 1.82) is 0 Å². The molecule has 3 amide bonds. The van der Waals surface area contributed by atoms with Crippen LogP contribution in [0, 0.1) is 6.92 Å². The summed E-state index contributed by atoms with van der Waals surface area (Å²) < 4.78 is 41.7. The largest absolute Gasteiger partial charge is 0.573 e. The van der Waals surface area contributed by atoms with Gasteiger partial charge in [-0.1, -0.05) is 0 Å². The highest BCUT2D eigenvalue weighted by atomic mass is 32.1. The van der Waals surface area contributed by atoms with Gasteiger partial charge in [0.2, 0.25) is 0 Å². The molecule has 1 unspecified atom stereocenters. The maximum absolute atomic E-state index is 13.2. The van der Waals surface area contributed by atoms with Crippen LogP contribution < -0.4 is 25.6 Å². The smallest absolute Gasteiger partial charge is 0.406 e. The fourth-order valence-corrected chi connectivity index (χ4v) is 5.31. The van der Waals surface area contributed by atoms with E-state index < -0.39 is 12.4 Å². The van der Waals surface area contributed by atoms with Gasteiger partial charge in [0.25, 0.3) is 5.91 Å². The van der Waals surface area contributed by atoms with Crippen molar-refractivity contribution in [3.63, 3.8) is 0 Å². The van der Waals surface area contributed by atoms with Crippen molar-refractivity contribution in [2.75, 3.05) is 23.3 Å². The minimum Gasteiger partial charge on any atom is -0.406 e. The number of pyridine rings is 1. The van der Waals surface area contributed by atoms with Crippen LogP contribution in [0.15, 0.2) is 30.5 Å².